The minimum Gasteiger partial charge on any atom is -0.458 e. The lowest BCUT2D eigenvalue weighted by Gasteiger charge is -2.04. The van der Waals surface area contributed by atoms with E-state index in [4.69, 9.17) is 9.15 Å². The van der Waals surface area contributed by atoms with Crippen LogP contribution in [-0.4, -0.2) is 12.2 Å². The second kappa shape index (κ2) is 5.85. The predicted molar refractivity (Wildman–Crippen MR) is 70.1 cm³/mol. The second-order valence-electron chi connectivity index (χ2n) is 4.26. The van der Waals surface area contributed by atoms with Crippen LogP contribution in [0.3, 0.4) is 0 Å². The van der Waals surface area contributed by atoms with Gasteiger partial charge >= 0.3 is 0 Å². The first-order valence-electron chi connectivity index (χ1n) is 6.10. The van der Waals surface area contributed by atoms with Crippen molar-refractivity contribution in [1.82, 2.24) is 0 Å². The van der Waals surface area contributed by atoms with Gasteiger partial charge < -0.3 is 14.3 Å². The van der Waals surface area contributed by atoms with Crippen LogP contribution in [0.5, 0.6) is 0 Å². The van der Waals surface area contributed by atoms with Crippen LogP contribution in [0.15, 0.2) is 40.8 Å². The maximum absolute atomic E-state index is 9.71. The van der Waals surface area contributed by atoms with Gasteiger partial charge in [0.05, 0.1) is 6.61 Å². The zero-order valence-corrected chi connectivity index (χ0v) is 10.7. The molecule has 0 amide bonds. The van der Waals surface area contributed by atoms with Crippen LogP contribution in [0.25, 0.3) is 11.3 Å². The fraction of sp³-hybridized carbons (Fsp3) is 0.333. The first-order valence-corrected chi connectivity index (χ1v) is 6.10. The SMILES string of the molecule is CCC(O)c1ccc(-c2cccc(COC)c2)o1. The molecule has 18 heavy (non-hydrogen) atoms. The minimum absolute atomic E-state index is 0.527. The molecule has 0 aliphatic heterocycles. The highest BCUT2D eigenvalue weighted by molar-refractivity contribution is 5.58. The van der Waals surface area contributed by atoms with Crippen molar-refractivity contribution in [2.75, 3.05) is 7.11 Å². The molecule has 1 atom stereocenters. The van der Waals surface area contributed by atoms with E-state index in [2.05, 4.69) is 0 Å². The molecule has 0 aliphatic rings. The summed E-state index contributed by atoms with van der Waals surface area (Å²) in [5.41, 5.74) is 2.10. The Kier molecular flexibility index (Phi) is 4.18. The number of ether oxygens (including phenoxy) is 1. The first kappa shape index (κ1) is 12.9. The molecule has 0 radical (unpaired) electrons. The number of aliphatic hydroxyl groups is 1. The van der Waals surface area contributed by atoms with Gasteiger partial charge in [-0.15, -0.1) is 0 Å². The largest absolute Gasteiger partial charge is 0.458 e. The van der Waals surface area contributed by atoms with Crippen molar-refractivity contribution in [2.24, 2.45) is 0 Å². The summed E-state index contributed by atoms with van der Waals surface area (Å²) in [5, 5.41) is 9.71. The molecule has 1 N–H and O–H groups in total. The summed E-state index contributed by atoms with van der Waals surface area (Å²) in [6, 6.07) is 11.7. The lowest BCUT2D eigenvalue weighted by molar-refractivity contribution is 0.147. The molecule has 0 fully saturated rings. The summed E-state index contributed by atoms with van der Waals surface area (Å²) >= 11 is 0. The Morgan fingerprint density at radius 3 is 2.83 bits per heavy atom. The molecular weight excluding hydrogens is 228 g/mol. The topological polar surface area (TPSA) is 42.6 Å². The van der Waals surface area contributed by atoms with Crippen molar-refractivity contribution in [3.05, 3.63) is 47.7 Å². The molecule has 0 aliphatic carbocycles. The lowest BCUT2D eigenvalue weighted by Crippen LogP contribution is -1.91. The predicted octanol–water partition coefficient (Wildman–Crippen LogP) is 3.54. The van der Waals surface area contributed by atoms with Crippen LogP contribution >= 0.6 is 0 Å². The van der Waals surface area contributed by atoms with Crippen LogP contribution in [0.4, 0.5) is 0 Å². The number of aliphatic hydroxyl groups excluding tert-OH is 1. The van der Waals surface area contributed by atoms with Crippen molar-refractivity contribution >= 4 is 0 Å². The molecule has 1 unspecified atom stereocenters. The molecule has 2 rings (SSSR count). The molecule has 1 aromatic heterocycles. The quantitative estimate of drug-likeness (QED) is 0.877. The Morgan fingerprint density at radius 1 is 1.28 bits per heavy atom. The van der Waals surface area contributed by atoms with Crippen LogP contribution in [0.2, 0.25) is 0 Å². The third kappa shape index (κ3) is 2.81. The van der Waals surface area contributed by atoms with Gasteiger partial charge in [-0.1, -0.05) is 25.1 Å². The van der Waals surface area contributed by atoms with Gasteiger partial charge in [0, 0.05) is 12.7 Å². The number of hydrogen-bond acceptors (Lipinski definition) is 3. The minimum atomic E-state index is -0.527. The van der Waals surface area contributed by atoms with Gasteiger partial charge in [-0.05, 0) is 30.2 Å². The Balaban J connectivity index is 2.25. The Labute approximate surface area is 107 Å². The molecule has 1 heterocycles. The van der Waals surface area contributed by atoms with E-state index >= 15 is 0 Å². The van der Waals surface area contributed by atoms with Gasteiger partial charge in [0.2, 0.25) is 0 Å². The maximum Gasteiger partial charge on any atom is 0.134 e. The van der Waals surface area contributed by atoms with E-state index in [0.717, 1.165) is 16.9 Å². The zero-order valence-electron chi connectivity index (χ0n) is 10.7. The Bertz CT molecular complexity index is 502. The third-order valence-corrected chi connectivity index (χ3v) is 2.86. The highest BCUT2D eigenvalue weighted by atomic mass is 16.5. The Morgan fingerprint density at radius 2 is 2.11 bits per heavy atom. The standard InChI is InChI=1S/C15H18O3/c1-3-13(16)15-8-7-14(18-15)12-6-4-5-11(9-12)10-17-2/h4-9,13,16H,3,10H2,1-2H3. The summed E-state index contributed by atoms with van der Waals surface area (Å²) in [7, 11) is 1.68. The molecule has 96 valence electrons. The molecule has 2 aromatic rings. The third-order valence-electron chi connectivity index (χ3n) is 2.86. The summed E-state index contributed by atoms with van der Waals surface area (Å²) in [5.74, 6) is 1.39. The van der Waals surface area contributed by atoms with Gasteiger partial charge in [-0.2, -0.15) is 0 Å². The molecule has 0 saturated heterocycles. The lowest BCUT2D eigenvalue weighted by atomic mass is 10.1. The highest BCUT2D eigenvalue weighted by Gasteiger charge is 2.11. The number of hydrogen-bond donors (Lipinski definition) is 1. The van der Waals surface area contributed by atoms with Crippen LogP contribution in [-0.2, 0) is 11.3 Å². The van der Waals surface area contributed by atoms with E-state index in [-0.39, 0.29) is 0 Å². The van der Waals surface area contributed by atoms with Crippen LogP contribution in [0.1, 0.15) is 30.8 Å². The maximum atomic E-state index is 9.71. The van der Waals surface area contributed by atoms with E-state index in [1.165, 1.54) is 0 Å². The van der Waals surface area contributed by atoms with Gasteiger partial charge in [0.25, 0.3) is 0 Å². The van der Waals surface area contributed by atoms with Crippen LogP contribution in [0, 0.1) is 0 Å². The number of benzene rings is 1. The van der Waals surface area contributed by atoms with Crippen LogP contribution < -0.4 is 0 Å². The zero-order chi connectivity index (χ0) is 13.0. The van der Waals surface area contributed by atoms with Gasteiger partial charge in [0.15, 0.2) is 0 Å². The summed E-state index contributed by atoms with van der Waals surface area (Å²) in [6.45, 7) is 2.51. The fourth-order valence-corrected chi connectivity index (χ4v) is 1.87. The van der Waals surface area contributed by atoms with E-state index in [9.17, 15) is 5.11 Å². The molecule has 3 heteroatoms. The summed E-state index contributed by atoms with van der Waals surface area (Å²) in [6.07, 6.45) is 0.123. The average molecular weight is 246 g/mol. The first-order chi connectivity index (χ1) is 8.74. The Hall–Kier alpha value is -1.58. The summed E-state index contributed by atoms with van der Waals surface area (Å²) in [4.78, 5) is 0. The molecular formula is C15H18O3. The van der Waals surface area contributed by atoms with Gasteiger partial charge in [0.1, 0.15) is 17.6 Å². The molecule has 0 spiro atoms. The van der Waals surface area contributed by atoms with Crippen molar-refractivity contribution in [2.45, 2.75) is 26.1 Å². The van der Waals surface area contributed by atoms with E-state index in [1.807, 2.05) is 43.3 Å². The number of methoxy groups -OCH3 is 1. The normalized spacial score (nSPS) is 12.6. The molecule has 1 aromatic carbocycles. The summed E-state index contributed by atoms with van der Waals surface area (Å²) < 4.78 is 10.8. The molecule has 3 nitrogen and oxygen atoms in total. The highest BCUT2D eigenvalue weighted by Crippen LogP contribution is 2.27. The molecule has 0 bridgehead atoms. The second-order valence-corrected chi connectivity index (χ2v) is 4.26. The van der Waals surface area contributed by atoms with E-state index in [0.29, 0.717) is 18.8 Å². The monoisotopic (exact) mass is 246 g/mol. The van der Waals surface area contributed by atoms with Gasteiger partial charge in [-0.3, -0.25) is 0 Å². The fourth-order valence-electron chi connectivity index (χ4n) is 1.87. The van der Waals surface area contributed by atoms with E-state index < -0.39 is 6.10 Å². The van der Waals surface area contributed by atoms with Crippen molar-refractivity contribution in [1.29, 1.82) is 0 Å². The molecule has 0 saturated carbocycles. The van der Waals surface area contributed by atoms with Gasteiger partial charge in [-0.25, -0.2) is 0 Å². The smallest absolute Gasteiger partial charge is 0.134 e. The van der Waals surface area contributed by atoms with Crippen molar-refractivity contribution in [3.8, 4) is 11.3 Å². The van der Waals surface area contributed by atoms with E-state index in [1.54, 1.807) is 7.11 Å². The van der Waals surface area contributed by atoms with Crippen molar-refractivity contribution in [3.63, 3.8) is 0 Å². The average Bonchev–Trinajstić information content (AvgIpc) is 2.88. The van der Waals surface area contributed by atoms with Crippen molar-refractivity contribution < 1.29 is 14.3 Å². The number of furan rings is 1. The number of rotatable bonds is 5.